The summed E-state index contributed by atoms with van der Waals surface area (Å²) in [5, 5.41) is 4.62. The normalized spacial score (nSPS) is 12.5. The molecule has 0 aliphatic carbocycles. The van der Waals surface area contributed by atoms with Gasteiger partial charge in [0.05, 0.1) is 15.1 Å². The third kappa shape index (κ3) is 4.92. The number of benzene rings is 1. The van der Waals surface area contributed by atoms with Crippen LogP contribution in [0, 0.1) is 0 Å². The lowest BCUT2D eigenvalue weighted by Crippen LogP contribution is -2.29. The van der Waals surface area contributed by atoms with Gasteiger partial charge in [0.2, 0.25) is 0 Å². The highest BCUT2D eigenvalue weighted by atomic mass is 35.5. The van der Waals surface area contributed by atoms with Crippen LogP contribution in [0.1, 0.15) is 20.3 Å². The minimum Gasteiger partial charge on any atom is -0.488 e. The second-order valence-electron chi connectivity index (χ2n) is 3.83. The van der Waals surface area contributed by atoms with Gasteiger partial charge in [0.25, 0.3) is 0 Å². The lowest BCUT2D eigenvalue weighted by atomic mass is 10.3. The molecule has 1 atom stereocenters. The molecule has 17 heavy (non-hydrogen) atoms. The summed E-state index contributed by atoms with van der Waals surface area (Å²) in [7, 11) is 0. The molecule has 1 N–H and O–H groups in total. The Morgan fingerprint density at radius 1 is 1.18 bits per heavy atom. The smallest absolute Gasteiger partial charge is 0.139 e. The van der Waals surface area contributed by atoms with Crippen LogP contribution in [-0.2, 0) is 0 Å². The van der Waals surface area contributed by atoms with Gasteiger partial charge >= 0.3 is 0 Å². The van der Waals surface area contributed by atoms with Crippen LogP contribution in [-0.4, -0.2) is 19.2 Å². The molecule has 1 aromatic carbocycles. The van der Waals surface area contributed by atoms with Crippen molar-refractivity contribution in [3.8, 4) is 5.75 Å². The Labute approximate surface area is 117 Å². The lowest BCUT2D eigenvalue weighted by molar-refractivity contribution is 0.217. The van der Waals surface area contributed by atoms with Crippen molar-refractivity contribution in [1.82, 2.24) is 5.32 Å². The van der Waals surface area contributed by atoms with Gasteiger partial charge in [0.1, 0.15) is 11.9 Å². The molecule has 1 rings (SSSR count). The van der Waals surface area contributed by atoms with E-state index in [1.807, 2.05) is 6.92 Å². The molecule has 0 radical (unpaired) electrons. The molecule has 2 nitrogen and oxygen atoms in total. The Morgan fingerprint density at radius 2 is 1.82 bits per heavy atom. The van der Waals surface area contributed by atoms with Gasteiger partial charge in [0, 0.05) is 12.6 Å². The van der Waals surface area contributed by atoms with E-state index in [1.165, 1.54) is 0 Å². The summed E-state index contributed by atoms with van der Waals surface area (Å²) in [4.78, 5) is 0. The minimum atomic E-state index is 0.0243. The van der Waals surface area contributed by atoms with Gasteiger partial charge in [-0.25, -0.2) is 0 Å². The molecule has 5 heteroatoms. The van der Waals surface area contributed by atoms with Crippen molar-refractivity contribution in [3.05, 3.63) is 27.2 Å². The van der Waals surface area contributed by atoms with Gasteiger partial charge in [-0.1, -0.05) is 41.7 Å². The van der Waals surface area contributed by atoms with Gasteiger partial charge in [-0.15, -0.1) is 0 Å². The molecule has 1 unspecified atom stereocenters. The van der Waals surface area contributed by atoms with Gasteiger partial charge in [-0.2, -0.15) is 0 Å². The van der Waals surface area contributed by atoms with Gasteiger partial charge in [0.15, 0.2) is 0 Å². The number of ether oxygens (including phenoxy) is 1. The summed E-state index contributed by atoms with van der Waals surface area (Å²) in [6.45, 7) is 5.84. The number of halogens is 3. The van der Waals surface area contributed by atoms with E-state index in [4.69, 9.17) is 39.5 Å². The standard InChI is InChI=1S/C12H16Cl3NO/c1-3-4-16-7-8(2)17-12-6-10(14)9(13)5-11(12)15/h5-6,8,16H,3-4,7H2,1-2H3. The first-order valence-electron chi connectivity index (χ1n) is 5.56. The topological polar surface area (TPSA) is 21.3 Å². The van der Waals surface area contributed by atoms with E-state index in [1.54, 1.807) is 12.1 Å². The summed E-state index contributed by atoms with van der Waals surface area (Å²) in [5.74, 6) is 0.562. The van der Waals surface area contributed by atoms with Crippen molar-refractivity contribution in [3.63, 3.8) is 0 Å². The Morgan fingerprint density at radius 3 is 2.47 bits per heavy atom. The van der Waals surface area contributed by atoms with Crippen molar-refractivity contribution >= 4 is 34.8 Å². The lowest BCUT2D eigenvalue weighted by Gasteiger charge is -2.16. The van der Waals surface area contributed by atoms with E-state index >= 15 is 0 Å². The average Bonchev–Trinajstić information content (AvgIpc) is 2.26. The molecule has 0 aliphatic rings. The maximum absolute atomic E-state index is 6.02. The van der Waals surface area contributed by atoms with E-state index in [0.717, 1.165) is 19.5 Å². The highest BCUT2D eigenvalue weighted by Gasteiger charge is 2.10. The molecule has 0 aromatic heterocycles. The first-order valence-corrected chi connectivity index (χ1v) is 6.70. The zero-order valence-electron chi connectivity index (χ0n) is 9.90. The third-order valence-electron chi connectivity index (χ3n) is 2.16. The largest absolute Gasteiger partial charge is 0.488 e. The van der Waals surface area contributed by atoms with Crippen LogP contribution in [0.3, 0.4) is 0 Å². The zero-order valence-corrected chi connectivity index (χ0v) is 12.2. The Kier molecular flexibility index (Phi) is 6.42. The molecular weight excluding hydrogens is 280 g/mol. The summed E-state index contributed by atoms with van der Waals surface area (Å²) in [6.07, 6.45) is 1.12. The molecule has 0 amide bonds. The molecule has 1 aromatic rings. The van der Waals surface area contributed by atoms with Crippen molar-refractivity contribution in [2.75, 3.05) is 13.1 Å². The maximum atomic E-state index is 6.02. The molecular formula is C12H16Cl3NO. The van der Waals surface area contributed by atoms with Crippen LogP contribution >= 0.6 is 34.8 Å². The van der Waals surface area contributed by atoms with E-state index in [2.05, 4.69) is 12.2 Å². The van der Waals surface area contributed by atoms with Crippen LogP contribution in [0.4, 0.5) is 0 Å². The van der Waals surface area contributed by atoms with Crippen molar-refractivity contribution in [2.45, 2.75) is 26.4 Å². The van der Waals surface area contributed by atoms with Crippen molar-refractivity contribution < 1.29 is 4.74 Å². The molecule has 0 heterocycles. The monoisotopic (exact) mass is 295 g/mol. The van der Waals surface area contributed by atoms with Gasteiger partial charge in [-0.3, -0.25) is 0 Å². The fourth-order valence-corrected chi connectivity index (χ4v) is 1.92. The maximum Gasteiger partial charge on any atom is 0.139 e. The zero-order chi connectivity index (χ0) is 12.8. The molecule has 0 saturated heterocycles. The number of hydrogen-bond acceptors (Lipinski definition) is 2. The SMILES string of the molecule is CCCNCC(C)Oc1cc(Cl)c(Cl)cc1Cl. The summed E-state index contributed by atoms with van der Waals surface area (Å²) in [5.41, 5.74) is 0. The second kappa shape index (κ2) is 7.32. The second-order valence-corrected chi connectivity index (χ2v) is 5.05. The number of rotatable bonds is 6. The fraction of sp³-hybridized carbons (Fsp3) is 0.500. The predicted molar refractivity (Wildman–Crippen MR) is 74.7 cm³/mol. The quantitative estimate of drug-likeness (QED) is 0.620. The van der Waals surface area contributed by atoms with Crippen LogP contribution in [0.2, 0.25) is 15.1 Å². The van der Waals surface area contributed by atoms with Crippen LogP contribution in [0.15, 0.2) is 12.1 Å². The first-order chi connectivity index (χ1) is 8.04. The highest BCUT2D eigenvalue weighted by molar-refractivity contribution is 6.43. The first kappa shape index (κ1) is 14.9. The Bertz CT molecular complexity index is 371. The third-order valence-corrected chi connectivity index (χ3v) is 3.18. The highest BCUT2D eigenvalue weighted by Crippen LogP contribution is 2.34. The summed E-state index contributed by atoms with van der Waals surface area (Å²) in [6, 6.07) is 3.23. The van der Waals surface area contributed by atoms with Crippen LogP contribution in [0.5, 0.6) is 5.75 Å². The summed E-state index contributed by atoms with van der Waals surface area (Å²) < 4.78 is 5.69. The van der Waals surface area contributed by atoms with Crippen LogP contribution < -0.4 is 10.1 Å². The predicted octanol–water partition coefficient (Wildman–Crippen LogP) is 4.41. The minimum absolute atomic E-state index is 0.0243. The van der Waals surface area contributed by atoms with E-state index < -0.39 is 0 Å². The van der Waals surface area contributed by atoms with Crippen LogP contribution in [0.25, 0.3) is 0 Å². The fourth-order valence-electron chi connectivity index (χ4n) is 1.34. The average molecular weight is 297 g/mol. The van der Waals surface area contributed by atoms with E-state index in [-0.39, 0.29) is 6.10 Å². The molecule has 0 spiro atoms. The molecule has 0 bridgehead atoms. The molecule has 96 valence electrons. The van der Waals surface area contributed by atoms with Crippen molar-refractivity contribution in [1.29, 1.82) is 0 Å². The molecule has 0 fully saturated rings. The Hall–Kier alpha value is -0.150. The molecule has 0 aliphatic heterocycles. The van der Waals surface area contributed by atoms with E-state index in [0.29, 0.717) is 20.8 Å². The Balaban J connectivity index is 2.58. The summed E-state index contributed by atoms with van der Waals surface area (Å²) >= 11 is 17.8. The number of hydrogen-bond donors (Lipinski definition) is 1. The van der Waals surface area contributed by atoms with Gasteiger partial charge in [-0.05, 0) is 26.0 Å². The van der Waals surface area contributed by atoms with Gasteiger partial charge < -0.3 is 10.1 Å². The molecule has 0 saturated carbocycles. The number of nitrogens with one attached hydrogen (secondary N) is 1. The van der Waals surface area contributed by atoms with E-state index in [9.17, 15) is 0 Å². The van der Waals surface area contributed by atoms with Crippen molar-refractivity contribution in [2.24, 2.45) is 0 Å².